The Balaban J connectivity index is 1.39. The van der Waals surface area contributed by atoms with Gasteiger partial charge in [-0.3, -0.25) is 4.79 Å². The van der Waals surface area contributed by atoms with Crippen LogP contribution in [-0.2, 0) is 14.3 Å². The lowest BCUT2D eigenvalue weighted by atomic mass is 10.0. The smallest absolute Gasteiger partial charge is 0.352 e. The number of anilines is 1. The second kappa shape index (κ2) is 10.3. The summed E-state index contributed by atoms with van der Waals surface area (Å²) in [6.07, 6.45) is 6.30. The Morgan fingerprint density at radius 2 is 1.97 bits per heavy atom. The van der Waals surface area contributed by atoms with E-state index in [1.807, 2.05) is 6.08 Å². The third-order valence-electron chi connectivity index (χ3n) is 5.15. The monoisotopic (exact) mass is 516 g/mol. The number of allylic oxidation sites excluding steroid dienone is 3. The number of hydrogen-bond donors (Lipinski definition) is 3. The van der Waals surface area contributed by atoms with Gasteiger partial charge in [0.15, 0.2) is 5.84 Å². The van der Waals surface area contributed by atoms with Crippen LogP contribution in [0, 0.1) is 0 Å². The van der Waals surface area contributed by atoms with E-state index in [2.05, 4.69) is 20.6 Å². The number of aliphatic imine (C=N–C) groups is 1. The molecule has 1 aromatic carbocycles. The van der Waals surface area contributed by atoms with Crippen LogP contribution < -0.4 is 15.4 Å². The minimum Gasteiger partial charge on any atom is -0.477 e. The molecule has 12 heteroatoms. The van der Waals surface area contributed by atoms with Crippen molar-refractivity contribution in [2.45, 2.75) is 25.3 Å². The predicted molar refractivity (Wildman–Crippen MR) is 130 cm³/mol. The molecule has 2 aromatic rings. The van der Waals surface area contributed by atoms with Crippen molar-refractivity contribution in [1.82, 2.24) is 10.3 Å². The Kier molecular flexibility index (Phi) is 7.17. The lowest BCUT2D eigenvalue weighted by Crippen LogP contribution is -2.49. The van der Waals surface area contributed by atoms with Crippen LogP contribution in [0.4, 0.5) is 5.69 Å². The van der Waals surface area contributed by atoms with Crippen molar-refractivity contribution >= 4 is 52.3 Å². The maximum Gasteiger partial charge on any atom is 0.352 e. The maximum absolute atomic E-state index is 13.0. The number of ether oxygens (including phenoxy) is 2. The Morgan fingerprint density at radius 3 is 2.60 bits per heavy atom. The average Bonchev–Trinajstić information content (AvgIpc) is 3.37. The molecule has 10 nitrogen and oxygen atoms in total. The standard InChI is InChI=1S/C23H21ClN4O6S/c1-2-33-21(32)23(20(31)25-11-13-3-5-14(24)6-4-13)19(28-23)27-15-7-9-16(10-8-15)34-22-26-12-17(35-22)18(29)30/h3,5,7-10,12H,2,4,6,11H2,1H3,(H,25,31)(H,27,28)(H,29,30)/t23-/m1/s1. The first kappa shape index (κ1) is 24.4. The van der Waals surface area contributed by atoms with Crippen molar-refractivity contribution in [1.29, 1.82) is 0 Å². The Morgan fingerprint density at radius 1 is 1.20 bits per heavy atom. The maximum atomic E-state index is 13.0. The normalized spacial score (nSPS) is 18.5. The number of carboxylic acids is 1. The highest BCUT2D eigenvalue weighted by molar-refractivity contribution is 7.15. The number of amidine groups is 1. The summed E-state index contributed by atoms with van der Waals surface area (Å²) in [5, 5.41) is 15.7. The number of amides is 1. The van der Waals surface area contributed by atoms with E-state index < -0.39 is 23.4 Å². The van der Waals surface area contributed by atoms with Gasteiger partial charge in [-0.25, -0.2) is 19.6 Å². The zero-order chi connectivity index (χ0) is 25.0. The molecule has 2 aliphatic rings. The van der Waals surface area contributed by atoms with Crippen LogP contribution in [0.1, 0.15) is 29.4 Å². The highest BCUT2D eigenvalue weighted by Crippen LogP contribution is 2.33. The summed E-state index contributed by atoms with van der Waals surface area (Å²) >= 11 is 6.88. The number of aromatic nitrogens is 1. The van der Waals surface area contributed by atoms with Crippen molar-refractivity contribution < 1.29 is 29.0 Å². The van der Waals surface area contributed by atoms with Gasteiger partial charge in [-0.15, -0.1) is 0 Å². The lowest BCUT2D eigenvalue weighted by Gasteiger charge is -2.17. The van der Waals surface area contributed by atoms with Crippen molar-refractivity contribution in [3.63, 3.8) is 0 Å². The molecule has 35 heavy (non-hydrogen) atoms. The first-order valence-electron chi connectivity index (χ1n) is 10.7. The minimum absolute atomic E-state index is 0.0682. The number of carbonyl (C=O) groups excluding carboxylic acids is 2. The number of esters is 1. The fraction of sp³-hybridized carbons (Fsp3) is 0.261. The van der Waals surface area contributed by atoms with Gasteiger partial charge in [0.25, 0.3) is 16.6 Å². The lowest BCUT2D eigenvalue weighted by molar-refractivity contribution is -0.149. The zero-order valence-corrected chi connectivity index (χ0v) is 20.1. The van der Waals surface area contributed by atoms with Crippen LogP contribution in [0.15, 0.2) is 58.2 Å². The van der Waals surface area contributed by atoms with Gasteiger partial charge >= 0.3 is 11.9 Å². The third-order valence-corrected chi connectivity index (χ3v) is 6.33. The quantitative estimate of drug-likeness (QED) is 0.338. The van der Waals surface area contributed by atoms with E-state index in [4.69, 9.17) is 26.2 Å². The average molecular weight is 517 g/mol. The Bertz CT molecular complexity index is 1250. The van der Waals surface area contributed by atoms with Crippen molar-refractivity contribution in [3.05, 3.63) is 58.1 Å². The van der Waals surface area contributed by atoms with Gasteiger partial charge in [0.1, 0.15) is 10.6 Å². The van der Waals surface area contributed by atoms with Crippen molar-refractivity contribution in [2.24, 2.45) is 4.99 Å². The molecule has 1 atom stereocenters. The van der Waals surface area contributed by atoms with Gasteiger partial charge in [-0.1, -0.05) is 34.6 Å². The highest BCUT2D eigenvalue weighted by atomic mass is 35.5. The summed E-state index contributed by atoms with van der Waals surface area (Å²) in [6, 6.07) is 6.60. The second-order valence-corrected chi connectivity index (χ2v) is 9.04. The van der Waals surface area contributed by atoms with Gasteiger partial charge in [0.05, 0.1) is 12.8 Å². The molecule has 0 fully saturated rings. The molecule has 0 saturated carbocycles. The minimum atomic E-state index is -1.75. The highest BCUT2D eigenvalue weighted by Gasteiger charge is 2.63. The van der Waals surface area contributed by atoms with E-state index in [-0.39, 0.29) is 29.1 Å². The number of nitrogens with zero attached hydrogens (tertiary/aromatic N) is 2. The van der Waals surface area contributed by atoms with Gasteiger partial charge in [0.2, 0.25) is 0 Å². The van der Waals surface area contributed by atoms with Crippen LogP contribution >= 0.6 is 22.9 Å². The summed E-state index contributed by atoms with van der Waals surface area (Å²) in [5.74, 6) is -1.79. The van der Waals surface area contributed by atoms with E-state index >= 15 is 0 Å². The van der Waals surface area contributed by atoms with Gasteiger partial charge in [-0.05, 0) is 50.1 Å². The molecule has 0 saturated heterocycles. The summed E-state index contributed by atoms with van der Waals surface area (Å²) < 4.78 is 10.7. The molecule has 0 unspecified atom stereocenters. The number of benzene rings is 1. The Labute approximate surface area is 209 Å². The molecule has 4 rings (SSSR count). The molecule has 0 radical (unpaired) electrons. The number of halogens is 1. The van der Waals surface area contributed by atoms with Gasteiger partial charge in [-0.2, -0.15) is 0 Å². The van der Waals surface area contributed by atoms with Crippen molar-refractivity contribution in [2.75, 3.05) is 18.5 Å². The van der Waals surface area contributed by atoms with E-state index in [0.29, 0.717) is 17.9 Å². The summed E-state index contributed by atoms with van der Waals surface area (Å²) in [6.45, 7) is 2.04. The molecule has 0 bridgehead atoms. The predicted octanol–water partition coefficient (Wildman–Crippen LogP) is 3.72. The van der Waals surface area contributed by atoms with E-state index in [0.717, 1.165) is 28.4 Å². The number of rotatable bonds is 9. The number of carboxylic acid groups (broad SMARTS) is 1. The van der Waals surface area contributed by atoms with Crippen LogP contribution in [-0.4, -0.2) is 52.5 Å². The number of carbonyl (C=O) groups is 3. The van der Waals surface area contributed by atoms with Crippen molar-refractivity contribution in [3.8, 4) is 10.9 Å². The molecule has 182 valence electrons. The van der Waals surface area contributed by atoms with E-state index in [1.54, 1.807) is 37.3 Å². The molecule has 1 aliphatic heterocycles. The molecule has 0 spiro atoms. The molecule has 1 aromatic heterocycles. The number of thiazole rings is 1. The topological polar surface area (TPSA) is 139 Å². The zero-order valence-electron chi connectivity index (χ0n) is 18.5. The van der Waals surface area contributed by atoms with Crippen LogP contribution in [0.25, 0.3) is 0 Å². The van der Waals surface area contributed by atoms with Crippen LogP contribution in [0.5, 0.6) is 10.9 Å². The largest absolute Gasteiger partial charge is 0.477 e. The van der Waals surface area contributed by atoms with E-state index in [9.17, 15) is 14.4 Å². The Hall–Kier alpha value is -3.70. The number of aromatic carboxylic acids is 1. The molecular weight excluding hydrogens is 496 g/mol. The summed E-state index contributed by atoms with van der Waals surface area (Å²) in [4.78, 5) is 44.7. The molecule has 1 aliphatic carbocycles. The van der Waals surface area contributed by atoms with Crippen LogP contribution in [0.3, 0.4) is 0 Å². The van der Waals surface area contributed by atoms with Gasteiger partial charge in [0, 0.05) is 17.3 Å². The second-order valence-electron chi connectivity index (χ2n) is 7.56. The number of hydrogen-bond acceptors (Lipinski definition) is 9. The van der Waals surface area contributed by atoms with E-state index in [1.165, 1.54) is 6.20 Å². The van der Waals surface area contributed by atoms with Gasteiger partial charge < -0.3 is 25.2 Å². The molecule has 1 amide bonds. The summed E-state index contributed by atoms with van der Waals surface area (Å²) in [5.41, 5.74) is -0.194. The molecule has 2 heterocycles. The number of nitrogens with one attached hydrogen (secondary N) is 2. The first-order valence-corrected chi connectivity index (χ1v) is 11.8. The third kappa shape index (κ3) is 5.52. The SMILES string of the molecule is CCOC(=O)[C@@]1(C(=O)NCC2=CC=C(Cl)CC2)N=C1Nc1ccc(Oc2ncc(C(=O)O)s2)cc1. The molecular formula is C23H21ClN4O6S. The summed E-state index contributed by atoms with van der Waals surface area (Å²) in [7, 11) is 0. The first-order chi connectivity index (χ1) is 16.8. The molecule has 3 N–H and O–H groups in total. The fourth-order valence-electron chi connectivity index (χ4n) is 3.26. The van der Waals surface area contributed by atoms with Crippen LogP contribution in [0.2, 0.25) is 0 Å². The fourth-order valence-corrected chi connectivity index (χ4v) is 4.04.